The van der Waals surface area contributed by atoms with Gasteiger partial charge in [-0.15, -0.1) is 0 Å². The number of aromatic nitrogens is 2. The lowest BCUT2D eigenvalue weighted by molar-refractivity contribution is 0.0599. The van der Waals surface area contributed by atoms with Crippen molar-refractivity contribution in [3.8, 4) is 0 Å². The summed E-state index contributed by atoms with van der Waals surface area (Å²) in [6, 6.07) is 5.29. The number of esters is 1. The molecule has 6 heteroatoms. The lowest BCUT2D eigenvalue weighted by atomic mass is 10.1. The molecule has 2 heterocycles. The maximum atomic E-state index is 12.4. The molecule has 0 saturated carbocycles. The average Bonchev–Trinajstić information content (AvgIpc) is 2.82. The minimum atomic E-state index is -0.455. The third-order valence-electron chi connectivity index (χ3n) is 3.53. The zero-order valence-electron chi connectivity index (χ0n) is 13.1. The van der Waals surface area contributed by atoms with Gasteiger partial charge in [-0.25, -0.2) is 4.79 Å². The van der Waals surface area contributed by atoms with Crippen molar-refractivity contribution in [2.75, 3.05) is 7.11 Å². The molecule has 0 aliphatic rings. The number of hydrogen-bond donors (Lipinski definition) is 2. The highest BCUT2D eigenvalue weighted by molar-refractivity contribution is 6.00. The lowest BCUT2D eigenvalue weighted by Gasteiger charge is -2.13. The third-order valence-corrected chi connectivity index (χ3v) is 3.53. The van der Waals surface area contributed by atoms with E-state index in [1.807, 2.05) is 25.1 Å². The average molecular weight is 301 g/mol. The maximum absolute atomic E-state index is 12.4. The molecule has 2 rings (SSSR count). The number of carbonyl (C=O) groups excluding carboxylic acids is 2. The van der Waals surface area contributed by atoms with E-state index in [0.29, 0.717) is 22.5 Å². The van der Waals surface area contributed by atoms with Gasteiger partial charge in [-0.2, -0.15) is 0 Å². The Morgan fingerprint density at radius 3 is 2.64 bits per heavy atom. The van der Waals surface area contributed by atoms with Crippen LogP contribution in [0.3, 0.4) is 0 Å². The van der Waals surface area contributed by atoms with E-state index in [0.717, 1.165) is 5.69 Å². The summed E-state index contributed by atoms with van der Waals surface area (Å²) in [5.74, 6) is -0.739. The molecule has 0 unspecified atom stereocenters. The van der Waals surface area contributed by atoms with Gasteiger partial charge in [-0.3, -0.25) is 9.78 Å². The van der Waals surface area contributed by atoms with Crippen LogP contribution in [-0.2, 0) is 4.74 Å². The van der Waals surface area contributed by atoms with Gasteiger partial charge in [-0.1, -0.05) is 6.07 Å². The van der Waals surface area contributed by atoms with Crippen LogP contribution in [0.4, 0.5) is 0 Å². The van der Waals surface area contributed by atoms with Crippen molar-refractivity contribution in [1.29, 1.82) is 0 Å². The second-order valence-corrected chi connectivity index (χ2v) is 5.07. The van der Waals surface area contributed by atoms with Crippen LogP contribution in [0.15, 0.2) is 24.4 Å². The quantitative estimate of drug-likeness (QED) is 0.849. The van der Waals surface area contributed by atoms with E-state index in [2.05, 4.69) is 15.3 Å². The molecule has 22 heavy (non-hydrogen) atoms. The van der Waals surface area contributed by atoms with E-state index in [-0.39, 0.29) is 11.9 Å². The van der Waals surface area contributed by atoms with Crippen molar-refractivity contribution >= 4 is 11.9 Å². The molecule has 0 bridgehead atoms. The third kappa shape index (κ3) is 3.00. The summed E-state index contributed by atoms with van der Waals surface area (Å²) < 4.78 is 4.74. The molecule has 1 amide bonds. The number of aryl methyl sites for hydroxylation is 1. The fourth-order valence-electron chi connectivity index (χ4n) is 2.36. The van der Waals surface area contributed by atoms with Gasteiger partial charge in [0.25, 0.3) is 5.91 Å². The largest absolute Gasteiger partial charge is 0.465 e. The summed E-state index contributed by atoms with van der Waals surface area (Å²) in [5, 5.41) is 2.87. The zero-order valence-corrected chi connectivity index (χ0v) is 13.1. The van der Waals surface area contributed by atoms with Crippen LogP contribution >= 0.6 is 0 Å². The number of pyridine rings is 1. The Labute approximate surface area is 128 Å². The highest BCUT2D eigenvalue weighted by atomic mass is 16.5. The first-order valence-electron chi connectivity index (χ1n) is 6.95. The Bertz CT molecular complexity index is 692. The van der Waals surface area contributed by atoms with Crippen molar-refractivity contribution in [3.63, 3.8) is 0 Å². The molecular weight excluding hydrogens is 282 g/mol. The van der Waals surface area contributed by atoms with E-state index in [4.69, 9.17) is 4.74 Å². The number of rotatable bonds is 4. The monoisotopic (exact) mass is 301 g/mol. The lowest BCUT2D eigenvalue weighted by Crippen LogP contribution is -2.28. The van der Waals surface area contributed by atoms with Crippen LogP contribution in [0.2, 0.25) is 0 Å². The number of H-pyrrole nitrogens is 1. The molecule has 2 aromatic rings. The van der Waals surface area contributed by atoms with Gasteiger partial charge in [0.2, 0.25) is 0 Å². The van der Waals surface area contributed by atoms with Crippen molar-refractivity contribution in [1.82, 2.24) is 15.3 Å². The molecule has 0 radical (unpaired) electrons. The number of nitrogens with one attached hydrogen (secondary N) is 2. The molecule has 0 fully saturated rings. The Kier molecular flexibility index (Phi) is 4.60. The fourth-order valence-corrected chi connectivity index (χ4v) is 2.36. The van der Waals surface area contributed by atoms with Crippen molar-refractivity contribution < 1.29 is 14.3 Å². The smallest absolute Gasteiger partial charge is 0.339 e. The van der Waals surface area contributed by atoms with Gasteiger partial charge < -0.3 is 15.0 Å². The SMILES string of the molecule is COC(=O)c1c(C)[nH]c(C(=O)N[C@@H](C)c2ccccn2)c1C. The summed E-state index contributed by atoms with van der Waals surface area (Å²) in [4.78, 5) is 31.3. The highest BCUT2D eigenvalue weighted by Gasteiger charge is 2.23. The number of nitrogens with zero attached hydrogens (tertiary/aromatic N) is 1. The minimum absolute atomic E-state index is 0.238. The topological polar surface area (TPSA) is 84.1 Å². The second kappa shape index (κ2) is 6.43. The summed E-state index contributed by atoms with van der Waals surface area (Å²) in [7, 11) is 1.32. The molecule has 0 spiro atoms. The molecule has 0 saturated heterocycles. The van der Waals surface area contributed by atoms with Gasteiger partial charge in [-0.05, 0) is 38.5 Å². The molecule has 116 valence electrons. The maximum Gasteiger partial charge on any atom is 0.339 e. The van der Waals surface area contributed by atoms with Crippen LogP contribution in [-0.4, -0.2) is 29.0 Å². The standard InChI is InChI=1S/C16H19N3O3/c1-9-13(16(21)22-4)11(3)18-14(9)15(20)19-10(2)12-7-5-6-8-17-12/h5-8,10,18H,1-4H3,(H,19,20)/t10-/m0/s1. The predicted octanol–water partition coefficient (Wildman–Crippen LogP) is 2.30. The Morgan fingerprint density at radius 1 is 1.32 bits per heavy atom. The molecule has 2 aromatic heterocycles. The molecule has 2 N–H and O–H groups in total. The summed E-state index contributed by atoms with van der Waals surface area (Å²) in [5.41, 5.74) is 2.72. The van der Waals surface area contributed by atoms with Gasteiger partial charge in [0, 0.05) is 11.9 Å². The number of methoxy groups -OCH3 is 1. The number of hydrogen-bond acceptors (Lipinski definition) is 4. The van der Waals surface area contributed by atoms with Crippen molar-refractivity contribution in [2.45, 2.75) is 26.8 Å². The molecule has 6 nitrogen and oxygen atoms in total. The molecule has 0 aromatic carbocycles. The van der Waals surface area contributed by atoms with E-state index in [1.165, 1.54) is 7.11 Å². The van der Waals surface area contributed by atoms with Crippen LogP contribution in [0.25, 0.3) is 0 Å². The normalized spacial score (nSPS) is 11.8. The Morgan fingerprint density at radius 2 is 2.05 bits per heavy atom. The summed E-state index contributed by atoms with van der Waals surface area (Å²) in [6.07, 6.45) is 1.68. The molecule has 1 atom stereocenters. The molecule has 0 aliphatic carbocycles. The molecular formula is C16H19N3O3. The summed E-state index contributed by atoms with van der Waals surface area (Å²) in [6.45, 7) is 5.31. The van der Waals surface area contributed by atoms with E-state index in [1.54, 1.807) is 20.0 Å². The van der Waals surface area contributed by atoms with E-state index < -0.39 is 5.97 Å². The molecule has 0 aliphatic heterocycles. The van der Waals surface area contributed by atoms with Gasteiger partial charge in [0.1, 0.15) is 5.69 Å². The number of amides is 1. The predicted molar refractivity (Wildman–Crippen MR) is 81.7 cm³/mol. The van der Waals surface area contributed by atoms with Gasteiger partial charge in [0.15, 0.2) is 0 Å². The number of ether oxygens (including phenoxy) is 1. The number of aromatic amines is 1. The van der Waals surface area contributed by atoms with Gasteiger partial charge in [0.05, 0.1) is 24.4 Å². The van der Waals surface area contributed by atoms with E-state index >= 15 is 0 Å². The second-order valence-electron chi connectivity index (χ2n) is 5.07. The Balaban J connectivity index is 2.22. The minimum Gasteiger partial charge on any atom is -0.465 e. The van der Waals surface area contributed by atoms with Crippen LogP contribution in [0, 0.1) is 13.8 Å². The Hall–Kier alpha value is -2.63. The summed E-state index contributed by atoms with van der Waals surface area (Å²) >= 11 is 0. The number of carbonyl (C=O) groups is 2. The first-order valence-corrected chi connectivity index (χ1v) is 6.95. The first-order chi connectivity index (χ1) is 10.5. The first kappa shape index (κ1) is 15.8. The fraction of sp³-hybridized carbons (Fsp3) is 0.312. The van der Waals surface area contributed by atoms with Crippen molar-refractivity contribution in [2.24, 2.45) is 0 Å². The van der Waals surface area contributed by atoms with Crippen LogP contribution in [0.5, 0.6) is 0 Å². The van der Waals surface area contributed by atoms with E-state index in [9.17, 15) is 9.59 Å². The van der Waals surface area contributed by atoms with Gasteiger partial charge >= 0.3 is 5.97 Å². The van der Waals surface area contributed by atoms with Crippen molar-refractivity contribution in [3.05, 3.63) is 52.6 Å². The zero-order chi connectivity index (χ0) is 16.3. The highest BCUT2D eigenvalue weighted by Crippen LogP contribution is 2.19. The van der Waals surface area contributed by atoms with Crippen LogP contribution in [0.1, 0.15) is 50.8 Å². The van der Waals surface area contributed by atoms with Crippen LogP contribution < -0.4 is 5.32 Å².